The predicted octanol–water partition coefficient (Wildman–Crippen LogP) is 2.22. The Morgan fingerprint density at radius 2 is 2.26 bits per heavy atom. The number of hydrogen-bond acceptors (Lipinski definition) is 3. The fraction of sp³-hybridized carbons (Fsp3) is 0.500. The normalized spacial score (nSPS) is 12.2. The maximum absolute atomic E-state index is 13.3. The van der Waals surface area contributed by atoms with Crippen molar-refractivity contribution in [2.24, 2.45) is 5.73 Å². The molecule has 19 heavy (non-hydrogen) atoms. The molecule has 0 spiro atoms. The van der Waals surface area contributed by atoms with Crippen molar-refractivity contribution in [2.45, 2.75) is 32.9 Å². The summed E-state index contributed by atoms with van der Waals surface area (Å²) in [4.78, 5) is 11.6. The van der Waals surface area contributed by atoms with Gasteiger partial charge in [0.1, 0.15) is 5.82 Å². The molecule has 106 valence electrons. The van der Waals surface area contributed by atoms with E-state index in [1.54, 1.807) is 13.0 Å². The number of benzene rings is 1. The summed E-state index contributed by atoms with van der Waals surface area (Å²) < 4.78 is 13.3. The van der Waals surface area contributed by atoms with Gasteiger partial charge in [0.2, 0.25) is 5.91 Å². The Bertz CT molecular complexity index is 426. The number of carbonyl (C=O) groups is 1. The predicted molar refractivity (Wildman–Crippen MR) is 78.6 cm³/mol. The molecule has 1 amide bonds. The highest BCUT2D eigenvalue weighted by atomic mass is 32.2. The number of carbonyl (C=O) groups excluding carboxylic acids is 1. The maximum atomic E-state index is 13.3. The van der Waals surface area contributed by atoms with E-state index in [1.165, 1.54) is 17.8 Å². The van der Waals surface area contributed by atoms with Gasteiger partial charge in [0.05, 0.1) is 5.75 Å². The number of nitrogens with two attached hydrogens (primary N) is 1. The summed E-state index contributed by atoms with van der Waals surface area (Å²) in [6, 6.07) is 5.13. The molecule has 1 unspecified atom stereocenters. The zero-order chi connectivity index (χ0) is 14.3. The molecule has 0 saturated carbocycles. The Balaban J connectivity index is 2.28. The molecule has 0 fully saturated rings. The van der Waals surface area contributed by atoms with E-state index in [2.05, 4.69) is 5.32 Å². The summed E-state index contributed by atoms with van der Waals surface area (Å²) in [5.74, 6) is 0.884. The Morgan fingerprint density at radius 3 is 2.89 bits per heavy atom. The summed E-state index contributed by atoms with van der Waals surface area (Å²) in [7, 11) is 0. The molecule has 0 aliphatic rings. The SMILES string of the molecule is CCC(N)CSCC(=O)NCc1ccc(C)c(F)c1. The van der Waals surface area contributed by atoms with Gasteiger partial charge in [0.25, 0.3) is 0 Å². The third kappa shape index (κ3) is 6.07. The van der Waals surface area contributed by atoms with E-state index in [4.69, 9.17) is 5.73 Å². The van der Waals surface area contributed by atoms with Crippen molar-refractivity contribution in [3.05, 3.63) is 35.1 Å². The number of amides is 1. The van der Waals surface area contributed by atoms with Gasteiger partial charge < -0.3 is 11.1 Å². The van der Waals surface area contributed by atoms with Crippen LogP contribution in [0.5, 0.6) is 0 Å². The number of hydrogen-bond donors (Lipinski definition) is 2. The van der Waals surface area contributed by atoms with Crippen LogP contribution in [0.25, 0.3) is 0 Å². The van der Waals surface area contributed by atoms with Gasteiger partial charge in [0.15, 0.2) is 0 Å². The van der Waals surface area contributed by atoms with E-state index >= 15 is 0 Å². The van der Waals surface area contributed by atoms with Crippen molar-refractivity contribution in [1.29, 1.82) is 0 Å². The average molecular weight is 284 g/mol. The lowest BCUT2D eigenvalue weighted by Gasteiger charge is -2.09. The van der Waals surface area contributed by atoms with E-state index in [1.807, 2.05) is 13.0 Å². The Morgan fingerprint density at radius 1 is 1.53 bits per heavy atom. The van der Waals surface area contributed by atoms with Gasteiger partial charge >= 0.3 is 0 Å². The van der Waals surface area contributed by atoms with Crippen molar-refractivity contribution < 1.29 is 9.18 Å². The summed E-state index contributed by atoms with van der Waals surface area (Å²) in [6.45, 7) is 4.10. The highest BCUT2D eigenvalue weighted by Crippen LogP contribution is 2.09. The van der Waals surface area contributed by atoms with Crippen LogP contribution in [0, 0.1) is 12.7 Å². The van der Waals surface area contributed by atoms with Crippen molar-refractivity contribution in [1.82, 2.24) is 5.32 Å². The Hall–Kier alpha value is -1.07. The zero-order valence-electron chi connectivity index (χ0n) is 11.4. The van der Waals surface area contributed by atoms with Crippen LogP contribution in [0.3, 0.4) is 0 Å². The molecule has 1 aromatic rings. The molecule has 0 saturated heterocycles. The lowest BCUT2D eigenvalue weighted by Crippen LogP contribution is -2.27. The van der Waals surface area contributed by atoms with Gasteiger partial charge in [-0.3, -0.25) is 4.79 Å². The molecule has 1 atom stereocenters. The molecule has 0 radical (unpaired) electrons. The van der Waals surface area contributed by atoms with Crippen molar-refractivity contribution in [3.8, 4) is 0 Å². The van der Waals surface area contributed by atoms with E-state index in [0.29, 0.717) is 17.9 Å². The zero-order valence-corrected chi connectivity index (χ0v) is 12.2. The molecule has 0 aliphatic carbocycles. The molecule has 0 bridgehead atoms. The smallest absolute Gasteiger partial charge is 0.230 e. The summed E-state index contributed by atoms with van der Waals surface area (Å²) in [5.41, 5.74) is 7.14. The highest BCUT2D eigenvalue weighted by molar-refractivity contribution is 7.99. The number of rotatable bonds is 7. The van der Waals surface area contributed by atoms with Crippen LogP contribution in [-0.4, -0.2) is 23.5 Å². The second-order valence-electron chi connectivity index (χ2n) is 4.54. The molecule has 1 rings (SSSR count). The van der Waals surface area contributed by atoms with Gasteiger partial charge in [-0.15, -0.1) is 0 Å². The van der Waals surface area contributed by atoms with Crippen LogP contribution >= 0.6 is 11.8 Å². The first-order chi connectivity index (χ1) is 9.02. The molecular weight excluding hydrogens is 263 g/mol. The third-order valence-electron chi connectivity index (χ3n) is 2.82. The minimum absolute atomic E-state index is 0.0470. The lowest BCUT2D eigenvalue weighted by atomic mass is 10.1. The first-order valence-electron chi connectivity index (χ1n) is 6.38. The first kappa shape index (κ1) is 16.0. The van der Waals surface area contributed by atoms with E-state index in [9.17, 15) is 9.18 Å². The molecule has 0 heterocycles. The quantitative estimate of drug-likeness (QED) is 0.807. The Labute approximate surface area is 118 Å². The molecular formula is C14H21FN2OS. The molecule has 0 aromatic heterocycles. The molecule has 1 aromatic carbocycles. The van der Waals surface area contributed by atoms with Gasteiger partial charge in [-0.25, -0.2) is 4.39 Å². The summed E-state index contributed by atoms with van der Waals surface area (Å²) in [5, 5.41) is 2.77. The minimum atomic E-state index is -0.241. The van der Waals surface area contributed by atoms with Crippen LogP contribution in [0.2, 0.25) is 0 Å². The van der Waals surface area contributed by atoms with Crippen LogP contribution < -0.4 is 11.1 Å². The van der Waals surface area contributed by atoms with Gasteiger partial charge in [0, 0.05) is 18.3 Å². The second kappa shape index (κ2) is 8.17. The third-order valence-corrected chi connectivity index (χ3v) is 3.95. The molecule has 5 heteroatoms. The van der Waals surface area contributed by atoms with E-state index < -0.39 is 0 Å². The highest BCUT2D eigenvalue weighted by Gasteiger charge is 2.05. The average Bonchev–Trinajstić information content (AvgIpc) is 2.40. The molecule has 3 nitrogen and oxygen atoms in total. The van der Waals surface area contributed by atoms with Crippen LogP contribution in [0.4, 0.5) is 4.39 Å². The van der Waals surface area contributed by atoms with E-state index in [-0.39, 0.29) is 17.8 Å². The second-order valence-corrected chi connectivity index (χ2v) is 5.57. The maximum Gasteiger partial charge on any atom is 0.230 e. The number of aryl methyl sites for hydroxylation is 1. The number of nitrogens with one attached hydrogen (secondary N) is 1. The standard InChI is InChI=1S/C14H21FN2OS/c1-3-12(16)8-19-9-14(18)17-7-11-5-4-10(2)13(15)6-11/h4-6,12H,3,7-9,16H2,1-2H3,(H,17,18). The fourth-order valence-electron chi connectivity index (χ4n) is 1.42. The summed E-state index contributed by atoms with van der Waals surface area (Å²) in [6.07, 6.45) is 0.914. The summed E-state index contributed by atoms with van der Waals surface area (Å²) >= 11 is 1.52. The fourth-order valence-corrected chi connectivity index (χ4v) is 2.36. The number of thioether (sulfide) groups is 1. The largest absolute Gasteiger partial charge is 0.351 e. The van der Waals surface area contributed by atoms with Crippen molar-refractivity contribution in [2.75, 3.05) is 11.5 Å². The minimum Gasteiger partial charge on any atom is -0.351 e. The van der Waals surface area contributed by atoms with Gasteiger partial charge in [-0.05, 0) is 30.5 Å². The molecule has 3 N–H and O–H groups in total. The van der Waals surface area contributed by atoms with Crippen molar-refractivity contribution in [3.63, 3.8) is 0 Å². The lowest BCUT2D eigenvalue weighted by molar-refractivity contribution is -0.118. The topological polar surface area (TPSA) is 55.1 Å². The van der Waals surface area contributed by atoms with Gasteiger partial charge in [-0.2, -0.15) is 11.8 Å². The monoisotopic (exact) mass is 284 g/mol. The molecule has 0 aliphatic heterocycles. The van der Waals surface area contributed by atoms with Crippen LogP contribution in [0.15, 0.2) is 18.2 Å². The van der Waals surface area contributed by atoms with E-state index in [0.717, 1.165) is 17.7 Å². The number of halogens is 1. The van der Waals surface area contributed by atoms with Gasteiger partial charge in [-0.1, -0.05) is 19.1 Å². The first-order valence-corrected chi connectivity index (χ1v) is 7.53. The van der Waals surface area contributed by atoms with Crippen LogP contribution in [-0.2, 0) is 11.3 Å². The van der Waals surface area contributed by atoms with Crippen molar-refractivity contribution >= 4 is 17.7 Å². The van der Waals surface area contributed by atoms with Crippen LogP contribution in [0.1, 0.15) is 24.5 Å². The Kier molecular flexibility index (Phi) is 6.87.